The molecule has 0 spiro atoms. The van der Waals surface area contributed by atoms with Crippen LogP contribution in [0, 0.1) is 11.3 Å². The van der Waals surface area contributed by atoms with E-state index in [1.165, 1.54) is 0 Å². The Morgan fingerprint density at radius 2 is 1.95 bits per heavy atom. The summed E-state index contributed by atoms with van der Waals surface area (Å²) < 4.78 is 5.72. The van der Waals surface area contributed by atoms with E-state index in [9.17, 15) is 0 Å². The van der Waals surface area contributed by atoms with E-state index in [0.717, 1.165) is 11.1 Å². The van der Waals surface area contributed by atoms with Gasteiger partial charge in [0.05, 0.1) is 12.2 Å². The molecule has 0 saturated heterocycles. The first-order valence-corrected chi connectivity index (χ1v) is 6.32. The highest BCUT2D eigenvalue weighted by molar-refractivity contribution is 5.56. The van der Waals surface area contributed by atoms with Gasteiger partial charge in [0.25, 0.3) is 0 Å². The lowest BCUT2D eigenvalue weighted by Crippen LogP contribution is -1.97. The molecule has 2 aromatic carbocycles. The molecule has 0 atom stereocenters. The van der Waals surface area contributed by atoms with Gasteiger partial charge in [-0.05, 0) is 23.3 Å². The predicted molar refractivity (Wildman–Crippen MR) is 78.1 cm³/mol. The molecule has 100 valence electrons. The Morgan fingerprint density at radius 1 is 1.15 bits per heavy atom. The maximum atomic E-state index is 9.09. The molecule has 0 radical (unpaired) electrons. The minimum atomic E-state index is -0.0137. The van der Waals surface area contributed by atoms with Crippen LogP contribution in [0.1, 0.15) is 16.7 Å². The van der Waals surface area contributed by atoms with Crippen LogP contribution in [0.2, 0.25) is 0 Å². The third-order valence-corrected chi connectivity index (χ3v) is 2.78. The Bertz CT molecular complexity index is 627. The molecule has 2 rings (SSSR count). The summed E-state index contributed by atoms with van der Waals surface area (Å²) in [5.41, 5.74) is 2.44. The summed E-state index contributed by atoms with van der Waals surface area (Å²) in [6, 6.07) is 17.2. The Kier molecular flexibility index (Phi) is 4.94. The number of nitriles is 1. The summed E-state index contributed by atoms with van der Waals surface area (Å²) in [7, 11) is 0. The van der Waals surface area contributed by atoms with Crippen LogP contribution in [0.4, 0.5) is 0 Å². The van der Waals surface area contributed by atoms with E-state index in [4.69, 9.17) is 15.1 Å². The van der Waals surface area contributed by atoms with Gasteiger partial charge in [-0.15, -0.1) is 0 Å². The van der Waals surface area contributed by atoms with Crippen LogP contribution < -0.4 is 4.74 Å². The molecule has 0 aromatic heterocycles. The monoisotopic (exact) mass is 265 g/mol. The summed E-state index contributed by atoms with van der Waals surface area (Å²) >= 11 is 0. The van der Waals surface area contributed by atoms with Gasteiger partial charge in [-0.2, -0.15) is 5.26 Å². The number of nitrogens with zero attached hydrogens (tertiary/aromatic N) is 1. The van der Waals surface area contributed by atoms with E-state index in [0.29, 0.717) is 17.9 Å². The van der Waals surface area contributed by atoms with E-state index in [2.05, 4.69) is 6.07 Å². The Morgan fingerprint density at radius 3 is 2.65 bits per heavy atom. The fraction of sp³-hybridized carbons (Fsp3) is 0.118. The fourth-order valence-electron chi connectivity index (χ4n) is 1.78. The van der Waals surface area contributed by atoms with E-state index in [1.807, 2.05) is 36.4 Å². The summed E-state index contributed by atoms with van der Waals surface area (Å²) in [6.07, 6.45) is 3.43. The fourth-order valence-corrected chi connectivity index (χ4v) is 1.78. The zero-order valence-corrected chi connectivity index (χ0v) is 11.0. The zero-order chi connectivity index (χ0) is 14.2. The van der Waals surface area contributed by atoms with Crippen LogP contribution in [-0.2, 0) is 6.61 Å². The first-order chi connectivity index (χ1) is 9.83. The van der Waals surface area contributed by atoms with Gasteiger partial charge in [-0.25, -0.2) is 0 Å². The standard InChI is InChI=1S/C17H15NO2/c18-12-16-9-8-14(7-4-10-19)11-17(16)20-13-15-5-2-1-3-6-15/h1-9,11,19H,10,13H2. The molecule has 1 N–H and O–H groups in total. The minimum absolute atomic E-state index is 0.0137. The summed E-state index contributed by atoms with van der Waals surface area (Å²) in [6.45, 7) is 0.406. The van der Waals surface area contributed by atoms with Gasteiger partial charge >= 0.3 is 0 Å². The van der Waals surface area contributed by atoms with Crippen LogP contribution in [0.3, 0.4) is 0 Å². The van der Waals surface area contributed by atoms with Crippen molar-refractivity contribution in [2.24, 2.45) is 0 Å². The van der Waals surface area contributed by atoms with Crippen molar-refractivity contribution in [1.82, 2.24) is 0 Å². The molecule has 20 heavy (non-hydrogen) atoms. The number of benzene rings is 2. The molecule has 0 aliphatic rings. The van der Waals surface area contributed by atoms with Crippen molar-refractivity contribution in [1.29, 1.82) is 5.26 Å². The molecule has 3 nitrogen and oxygen atoms in total. The largest absolute Gasteiger partial charge is 0.488 e. The highest BCUT2D eigenvalue weighted by Crippen LogP contribution is 2.21. The summed E-state index contributed by atoms with van der Waals surface area (Å²) in [4.78, 5) is 0. The highest BCUT2D eigenvalue weighted by atomic mass is 16.5. The van der Waals surface area contributed by atoms with Gasteiger partial charge < -0.3 is 9.84 Å². The van der Waals surface area contributed by atoms with Gasteiger partial charge in [-0.1, -0.05) is 48.6 Å². The number of hydrogen-bond donors (Lipinski definition) is 1. The van der Waals surface area contributed by atoms with Crippen molar-refractivity contribution in [2.45, 2.75) is 6.61 Å². The molecule has 0 aliphatic carbocycles. The zero-order valence-electron chi connectivity index (χ0n) is 11.0. The van der Waals surface area contributed by atoms with E-state index < -0.39 is 0 Å². The summed E-state index contributed by atoms with van der Waals surface area (Å²) in [5, 5.41) is 17.9. The van der Waals surface area contributed by atoms with Crippen molar-refractivity contribution in [2.75, 3.05) is 6.61 Å². The third kappa shape index (κ3) is 3.71. The molecular formula is C17H15NO2. The smallest absolute Gasteiger partial charge is 0.138 e. The van der Waals surface area contributed by atoms with Crippen LogP contribution in [0.5, 0.6) is 5.75 Å². The van der Waals surface area contributed by atoms with Crippen molar-refractivity contribution < 1.29 is 9.84 Å². The lowest BCUT2D eigenvalue weighted by molar-refractivity contribution is 0.305. The predicted octanol–water partition coefficient (Wildman–Crippen LogP) is 3.14. The lowest BCUT2D eigenvalue weighted by Gasteiger charge is -2.08. The van der Waals surface area contributed by atoms with Crippen molar-refractivity contribution in [3.05, 3.63) is 71.3 Å². The van der Waals surface area contributed by atoms with Crippen molar-refractivity contribution >= 4 is 6.08 Å². The minimum Gasteiger partial charge on any atom is -0.488 e. The van der Waals surface area contributed by atoms with Crippen LogP contribution >= 0.6 is 0 Å². The summed E-state index contributed by atoms with van der Waals surface area (Å²) in [5.74, 6) is 0.552. The van der Waals surface area contributed by atoms with Crippen LogP contribution in [-0.4, -0.2) is 11.7 Å². The quantitative estimate of drug-likeness (QED) is 0.903. The number of aliphatic hydroxyl groups excluding tert-OH is 1. The average Bonchev–Trinajstić information content (AvgIpc) is 2.52. The number of ether oxygens (including phenoxy) is 1. The van der Waals surface area contributed by atoms with Crippen molar-refractivity contribution in [3.63, 3.8) is 0 Å². The van der Waals surface area contributed by atoms with Crippen LogP contribution in [0.25, 0.3) is 6.08 Å². The molecule has 0 aliphatic heterocycles. The molecule has 0 bridgehead atoms. The SMILES string of the molecule is N#Cc1ccc(C=CCO)cc1OCc1ccccc1. The third-order valence-electron chi connectivity index (χ3n) is 2.78. The maximum Gasteiger partial charge on any atom is 0.138 e. The van der Waals surface area contributed by atoms with E-state index in [-0.39, 0.29) is 6.61 Å². The maximum absolute atomic E-state index is 9.09. The van der Waals surface area contributed by atoms with Gasteiger partial charge in [0.2, 0.25) is 0 Å². The van der Waals surface area contributed by atoms with Crippen molar-refractivity contribution in [3.8, 4) is 11.8 Å². The van der Waals surface area contributed by atoms with E-state index in [1.54, 1.807) is 24.3 Å². The lowest BCUT2D eigenvalue weighted by atomic mass is 10.1. The van der Waals surface area contributed by atoms with Gasteiger partial charge in [0.15, 0.2) is 0 Å². The molecule has 0 fully saturated rings. The molecule has 0 unspecified atom stereocenters. The molecule has 0 amide bonds. The molecule has 0 saturated carbocycles. The van der Waals surface area contributed by atoms with Gasteiger partial charge in [0.1, 0.15) is 18.4 Å². The molecule has 3 heteroatoms. The topological polar surface area (TPSA) is 53.2 Å². The second-order valence-corrected chi connectivity index (χ2v) is 4.23. The first-order valence-electron chi connectivity index (χ1n) is 6.32. The molecule has 0 heterocycles. The second-order valence-electron chi connectivity index (χ2n) is 4.23. The first kappa shape index (κ1) is 13.9. The number of rotatable bonds is 5. The Hall–Kier alpha value is -2.57. The Balaban J connectivity index is 2.16. The Labute approximate surface area is 118 Å². The van der Waals surface area contributed by atoms with Gasteiger partial charge in [-0.3, -0.25) is 0 Å². The highest BCUT2D eigenvalue weighted by Gasteiger charge is 2.04. The molecule has 2 aromatic rings. The number of aliphatic hydroxyl groups is 1. The van der Waals surface area contributed by atoms with Gasteiger partial charge in [0, 0.05) is 0 Å². The second kappa shape index (κ2) is 7.13. The average molecular weight is 265 g/mol. The molecular weight excluding hydrogens is 250 g/mol. The number of hydrogen-bond acceptors (Lipinski definition) is 3. The normalized spacial score (nSPS) is 10.4. The van der Waals surface area contributed by atoms with Crippen LogP contribution in [0.15, 0.2) is 54.6 Å². The van der Waals surface area contributed by atoms with E-state index >= 15 is 0 Å².